The molecule has 2 heterocycles. The first-order valence-electron chi connectivity index (χ1n) is 13.1. The van der Waals surface area contributed by atoms with Gasteiger partial charge in [-0.3, -0.25) is 0 Å². The van der Waals surface area contributed by atoms with Crippen molar-refractivity contribution in [3.63, 3.8) is 0 Å². The summed E-state index contributed by atoms with van der Waals surface area (Å²) in [6.07, 6.45) is -1.85. The number of hydrazone groups is 1. The lowest BCUT2D eigenvalue weighted by atomic mass is 10.0. The third kappa shape index (κ3) is 7.57. The molecule has 0 saturated carbocycles. The number of nitrogens with zero attached hydrogens (tertiary/aromatic N) is 6. The van der Waals surface area contributed by atoms with Crippen molar-refractivity contribution in [3.05, 3.63) is 90.0 Å². The fraction of sp³-hybridized carbons (Fsp3) is 0.207. The molecule has 0 bridgehead atoms. The predicted molar refractivity (Wildman–Crippen MR) is 157 cm³/mol. The molecular formula is C29H25F4N7O2S. The first-order chi connectivity index (χ1) is 20.6. The zero-order valence-electron chi connectivity index (χ0n) is 22.9. The number of urea groups is 1. The van der Waals surface area contributed by atoms with Crippen LogP contribution in [0.25, 0.3) is 17.1 Å². The number of amidine groups is 1. The molecule has 2 amide bonds. The molecular weight excluding hydrogens is 586 g/mol. The highest BCUT2D eigenvalue weighted by Crippen LogP contribution is 2.33. The van der Waals surface area contributed by atoms with Crippen molar-refractivity contribution >= 4 is 34.9 Å². The van der Waals surface area contributed by atoms with Crippen LogP contribution in [0.1, 0.15) is 30.9 Å². The number of aromatic nitrogens is 3. The normalized spacial score (nSPS) is 14.7. The minimum atomic E-state index is -4.76. The number of carbonyl (C=O) groups is 1. The summed E-state index contributed by atoms with van der Waals surface area (Å²) < 4.78 is 56.3. The average Bonchev–Trinajstić information content (AvgIpc) is 3.63. The van der Waals surface area contributed by atoms with Crippen molar-refractivity contribution in [1.82, 2.24) is 20.2 Å². The van der Waals surface area contributed by atoms with Crippen LogP contribution in [-0.4, -0.2) is 50.8 Å². The molecule has 0 atom stereocenters. The second-order valence-electron chi connectivity index (χ2n) is 9.60. The van der Waals surface area contributed by atoms with Crippen LogP contribution in [0.15, 0.2) is 83.2 Å². The van der Waals surface area contributed by atoms with Crippen LogP contribution in [0.5, 0.6) is 5.75 Å². The lowest BCUT2D eigenvalue weighted by Crippen LogP contribution is -2.27. The smallest absolute Gasteiger partial charge is 0.406 e. The van der Waals surface area contributed by atoms with Crippen LogP contribution in [-0.2, 0) is 0 Å². The van der Waals surface area contributed by atoms with E-state index in [9.17, 15) is 22.4 Å². The number of anilines is 1. The summed E-state index contributed by atoms with van der Waals surface area (Å²) >= 11 is 1.44. The third-order valence-corrected chi connectivity index (χ3v) is 7.20. The Morgan fingerprint density at radius 2 is 1.84 bits per heavy atom. The molecule has 0 radical (unpaired) electrons. The number of rotatable bonds is 7. The van der Waals surface area contributed by atoms with Gasteiger partial charge < -0.3 is 9.64 Å². The van der Waals surface area contributed by atoms with Crippen molar-refractivity contribution in [3.8, 4) is 22.8 Å². The van der Waals surface area contributed by atoms with E-state index in [4.69, 9.17) is 0 Å². The van der Waals surface area contributed by atoms with Crippen LogP contribution in [0, 0.1) is 5.82 Å². The number of alkyl halides is 3. The van der Waals surface area contributed by atoms with Crippen LogP contribution < -0.4 is 15.1 Å². The van der Waals surface area contributed by atoms with Crippen LogP contribution >= 0.6 is 11.8 Å². The average molecular weight is 612 g/mol. The van der Waals surface area contributed by atoms with E-state index >= 15 is 0 Å². The molecule has 0 spiro atoms. The van der Waals surface area contributed by atoms with Gasteiger partial charge in [0.15, 0.2) is 11.0 Å². The van der Waals surface area contributed by atoms with Gasteiger partial charge in [0.1, 0.15) is 17.9 Å². The second kappa shape index (κ2) is 12.7. The molecule has 1 aromatic heterocycles. The Morgan fingerprint density at radius 1 is 1.09 bits per heavy atom. The van der Waals surface area contributed by atoms with E-state index in [2.05, 4.69) is 30.3 Å². The van der Waals surface area contributed by atoms with E-state index in [0.717, 1.165) is 17.0 Å². The number of benzene rings is 3. The summed E-state index contributed by atoms with van der Waals surface area (Å²) in [6.45, 7) is 4.62. The van der Waals surface area contributed by atoms with E-state index in [1.807, 2.05) is 18.7 Å². The summed E-state index contributed by atoms with van der Waals surface area (Å²) in [4.78, 5) is 22.8. The lowest BCUT2D eigenvalue weighted by Gasteiger charge is -2.23. The minimum Gasteiger partial charge on any atom is -0.406 e. The summed E-state index contributed by atoms with van der Waals surface area (Å²) in [6, 6.07) is 16.3. The maximum absolute atomic E-state index is 13.8. The standard InChI is InChI=1S/C29H25F4N7O2S/c1-18(2)24-15-21(30)7-12-25(24)39-13-14-43-28(39)36-27(41)37-35-16-19-3-5-20(6-4-19)26-34-17-40(38-26)22-8-10-23(11-9-22)42-29(31,32)33/h3-12,15-18H,13-14H2,1-2H3,(H,37,41)/b35-16+,36-28?. The monoisotopic (exact) mass is 611 g/mol. The van der Waals surface area contributed by atoms with Crippen molar-refractivity contribution in [1.29, 1.82) is 0 Å². The molecule has 1 N–H and O–H groups in total. The fourth-order valence-corrected chi connectivity index (χ4v) is 5.21. The first kappa shape index (κ1) is 29.8. The van der Waals surface area contributed by atoms with E-state index in [1.165, 1.54) is 65.4 Å². The number of hydrogen-bond acceptors (Lipinski definition) is 6. The number of hydrogen-bond donors (Lipinski definition) is 1. The van der Waals surface area contributed by atoms with Crippen LogP contribution in [0.3, 0.4) is 0 Å². The Morgan fingerprint density at radius 3 is 2.53 bits per heavy atom. The molecule has 1 aliphatic rings. The van der Waals surface area contributed by atoms with Crippen LogP contribution in [0.4, 0.5) is 28.0 Å². The highest BCUT2D eigenvalue weighted by Gasteiger charge is 2.31. The first-order valence-corrected chi connectivity index (χ1v) is 14.0. The molecule has 0 aliphatic carbocycles. The summed E-state index contributed by atoms with van der Waals surface area (Å²) in [5.74, 6) is 0.602. The Balaban J connectivity index is 1.19. The van der Waals surface area contributed by atoms with Gasteiger partial charge in [0.2, 0.25) is 0 Å². The molecule has 1 saturated heterocycles. The number of amides is 2. The van der Waals surface area contributed by atoms with Crippen molar-refractivity contribution < 1.29 is 27.1 Å². The van der Waals surface area contributed by atoms with E-state index in [1.54, 1.807) is 30.3 Å². The number of aliphatic imine (C=N–C) groups is 1. The lowest BCUT2D eigenvalue weighted by molar-refractivity contribution is -0.274. The van der Waals surface area contributed by atoms with Gasteiger partial charge in [0, 0.05) is 23.5 Å². The molecule has 222 valence electrons. The van der Waals surface area contributed by atoms with Crippen LogP contribution in [0.2, 0.25) is 0 Å². The second-order valence-corrected chi connectivity index (χ2v) is 10.7. The Bertz CT molecular complexity index is 1650. The van der Waals surface area contributed by atoms with E-state index in [-0.39, 0.29) is 17.5 Å². The topological polar surface area (TPSA) is 97.0 Å². The largest absolute Gasteiger partial charge is 0.573 e. The van der Waals surface area contributed by atoms with Gasteiger partial charge >= 0.3 is 12.4 Å². The molecule has 14 heteroatoms. The molecule has 9 nitrogen and oxygen atoms in total. The zero-order chi connectivity index (χ0) is 30.6. The Labute approximate surface area is 248 Å². The summed E-state index contributed by atoms with van der Waals surface area (Å²) in [5.41, 5.74) is 5.97. The van der Waals surface area contributed by atoms with Gasteiger partial charge in [-0.15, -0.1) is 18.3 Å². The number of thioether (sulfide) groups is 1. The maximum Gasteiger partial charge on any atom is 0.573 e. The zero-order valence-corrected chi connectivity index (χ0v) is 23.7. The number of nitrogens with one attached hydrogen (secondary N) is 1. The molecule has 0 unspecified atom stereocenters. The Kier molecular flexibility index (Phi) is 8.76. The summed E-state index contributed by atoms with van der Waals surface area (Å²) in [5, 5.41) is 8.88. The minimum absolute atomic E-state index is 0.0939. The predicted octanol–water partition coefficient (Wildman–Crippen LogP) is 6.75. The van der Waals surface area contributed by atoms with Gasteiger partial charge in [-0.25, -0.2) is 24.3 Å². The SMILES string of the molecule is CC(C)c1cc(F)ccc1N1CCSC1=NC(=O)N/N=C/c1ccc(-c2ncn(-c3ccc(OC(F)(F)F)cc3)n2)cc1. The van der Waals surface area contributed by atoms with E-state index < -0.39 is 12.4 Å². The molecule has 5 rings (SSSR count). The highest BCUT2D eigenvalue weighted by molar-refractivity contribution is 8.14. The molecule has 1 fully saturated rings. The highest BCUT2D eigenvalue weighted by atomic mass is 32.2. The number of carbonyl (C=O) groups excluding carboxylic acids is 1. The number of halogens is 4. The summed E-state index contributed by atoms with van der Waals surface area (Å²) in [7, 11) is 0. The van der Waals surface area contributed by atoms with Gasteiger partial charge in [0.05, 0.1) is 11.9 Å². The number of ether oxygens (including phenoxy) is 1. The van der Waals surface area contributed by atoms with Crippen molar-refractivity contribution in [2.24, 2.45) is 10.1 Å². The molecule has 1 aliphatic heterocycles. The van der Waals surface area contributed by atoms with Gasteiger partial charge in [-0.05, 0) is 59.5 Å². The maximum atomic E-state index is 13.8. The van der Waals surface area contributed by atoms with Gasteiger partial charge in [-0.2, -0.15) is 10.1 Å². The van der Waals surface area contributed by atoms with Crippen molar-refractivity contribution in [2.75, 3.05) is 17.2 Å². The molecule has 4 aromatic rings. The quantitative estimate of drug-likeness (QED) is 0.141. The fourth-order valence-electron chi connectivity index (χ4n) is 4.26. The van der Waals surface area contributed by atoms with E-state index in [0.29, 0.717) is 34.4 Å². The van der Waals surface area contributed by atoms with Gasteiger partial charge in [0.25, 0.3) is 0 Å². The molecule has 3 aromatic carbocycles. The molecule has 43 heavy (non-hydrogen) atoms. The van der Waals surface area contributed by atoms with Gasteiger partial charge in [-0.1, -0.05) is 49.9 Å². The van der Waals surface area contributed by atoms with Crippen molar-refractivity contribution in [2.45, 2.75) is 26.1 Å². The Hall–Kier alpha value is -4.72. The third-order valence-electron chi connectivity index (χ3n) is 6.25.